The Morgan fingerprint density at radius 3 is 2.85 bits per heavy atom. The van der Waals surface area contributed by atoms with Crippen molar-refractivity contribution in [3.63, 3.8) is 0 Å². The van der Waals surface area contributed by atoms with E-state index in [0.717, 1.165) is 6.20 Å². The number of nitrogens with zero attached hydrogens (tertiary/aromatic N) is 4. The lowest BCUT2D eigenvalue weighted by molar-refractivity contribution is 0.486. The molecule has 0 aliphatic heterocycles. The number of alkyl halides is 1. The van der Waals surface area contributed by atoms with Gasteiger partial charge in [0.15, 0.2) is 17.3 Å². The van der Waals surface area contributed by atoms with Gasteiger partial charge in [0, 0.05) is 17.3 Å². The van der Waals surface area contributed by atoms with Crippen molar-refractivity contribution in [3.05, 3.63) is 59.7 Å². The van der Waals surface area contributed by atoms with E-state index >= 15 is 0 Å². The minimum atomic E-state index is -0.606. The van der Waals surface area contributed by atoms with Crippen LogP contribution in [-0.4, -0.2) is 25.1 Å². The van der Waals surface area contributed by atoms with Gasteiger partial charge in [0.05, 0.1) is 11.6 Å². The van der Waals surface area contributed by atoms with Gasteiger partial charge in [-0.15, -0.1) is 0 Å². The normalized spacial score (nSPS) is 11.0. The van der Waals surface area contributed by atoms with Gasteiger partial charge in [-0.2, -0.15) is 5.10 Å². The number of anilines is 2. The summed E-state index contributed by atoms with van der Waals surface area (Å²) < 4.78 is 26.7. The molecule has 6 nitrogen and oxygen atoms in total. The van der Waals surface area contributed by atoms with E-state index in [-0.39, 0.29) is 0 Å². The number of aryl methyl sites for hydroxylation is 1. The molecule has 0 unspecified atom stereocenters. The van der Waals surface area contributed by atoms with Gasteiger partial charge in [-0.25, -0.2) is 23.7 Å². The molecule has 0 fully saturated rings. The Labute approximate surface area is 147 Å². The molecule has 0 bridgehead atoms. The molecule has 0 saturated carbocycles. The molecule has 26 heavy (non-hydrogen) atoms. The van der Waals surface area contributed by atoms with E-state index < -0.39 is 12.5 Å². The van der Waals surface area contributed by atoms with Crippen molar-refractivity contribution in [2.24, 2.45) is 0 Å². The smallest absolute Gasteiger partial charge is 0.163 e. The largest absolute Gasteiger partial charge is 0.323 e. The number of hydrogen-bond acceptors (Lipinski definition) is 5. The zero-order valence-electron chi connectivity index (χ0n) is 13.8. The van der Waals surface area contributed by atoms with Crippen LogP contribution in [0.25, 0.3) is 22.4 Å². The van der Waals surface area contributed by atoms with Crippen LogP contribution in [0.2, 0.25) is 0 Å². The summed E-state index contributed by atoms with van der Waals surface area (Å²) in [5, 5.41) is 10.4. The topological polar surface area (TPSA) is 79.4 Å². The number of rotatable bonds is 4. The first kappa shape index (κ1) is 16.1. The molecule has 4 rings (SSSR count). The first-order valence-corrected chi connectivity index (χ1v) is 7.90. The molecule has 130 valence electrons. The third kappa shape index (κ3) is 2.97. The summed E-state index contributed by atoms with van der Waals surface area (Å²) >= 11 is 0. The SMILES string of the molecule is Cc1cc(Nc2n[nH]c3ncc(F)cc23)nc(-c2ccccc2CF)n1. The quantitative estimate of drug-likeness (QED) is 0.579. The molecule has 0 amide bonds. The molecule has 8 heteroatoms. The minimum Gasteiger partial charge on any atom is -0.323 e. The summed E-state index contributed by atoms with van der Waals surface area (Å²) in [6.45, 7) is 1.21. The van der Waals surface area contributed by atoms with Gasteiger partial charge in [0.1, 0.15) is 18.3 Å². The van der Waals surface area contributed by atoms with E-state index in [2.05, 4.69) is 30.5 Å². The number of nitrogens with one attached hydrogen (secondary N) is 2. The maximum atomic E-state index is 13.5. The van der Waals surface area contributed by atoms with Crippen LogP contribution in [0, 0.1) is 12.7 Å². The first-order chi connectivity index (χ1) is 12.6. The summed E-state index contributed by atoms with van der Waals surface area (Å²) in [5.74, 6) is 0.817. The minimum absolute atomic E-state index is 0.398. The van der Waals surface area contributed by atoms with Gasteiger partial charge in [0.2, 0.25) is 0 Å². The van der Waals surface area contributed by atoms with Crippen LogP contribution in [0.4, 0.5) is 20.4 Å². The maximum absolute atomic E-state index is 13.5. The molecule has 4 aromatic rings. The van der Waals surface area contributed by atoms with Gasteiger partial charge < -0.3 is 5.32 Å². The standard InChI is InChI=1S/C18H14F2N6/c1-10-6-15(23-17(22-10)13-5-3-2-4-11(13)8-19)24-18-14-7-12(20)9-21-16(14)25-26-18/h2-7,9H,8H2,1H3,(H2,21,22,23,24,25,26). The van der Waals surface area contributed by atoms with Crippen LogP contribution in [0.3, 0.4) is 0 Å². The number of aromatic amines is 1. The van der Waals surface area contributed by atoms with Gasteiger partial charge in [-0.05, 0) is 18.6 Å². The number of benzene rings is 1. The molecule has 2 N–H and O–H groups in total. The maximum Gasteiger partial charge on any atom is 0.163 e. The highest BCUT2D eigenvalue weighted by Gasteiger charge is 2.12. The molecule has 0 radical (unpaired) electrons. The van der Waals surface area contributed by atoms with Gasteiger partial charge in [-0.1, -0.05) is 24.3 Å². The Morgan fingerprint density at radius 2 is 2.00 bits per heavy atom. The van der Waals surface area contributed by atoms with Crippen molar-refractivity contribution in [3.8, 4) is 11.4 Å². The van der Waals surface area contributed by atoms with Gasteiger partial charge in [-0.3, -0.25) is 5.10 Å². The van der Waals surface area contributed by atoms with Crippen LogP contribution in [-0.2, 0) is 6.67 Å². The molecule has 0 spiro atoms. The number of hydrogen-bond donors (Lipinski definition) is 2. The first-order valence-electron chi connectivity index (χ1n) is 7.90. The van der Waals surface area contributed by atoms with Crippen LogP contribution in [0.1, 0.15) is 11.3 Å². The zero-order valence-corrected chi connectivity index (χ0v) is 13.8. The zero-order chi connectivity index (χ0) is 18.1. The molecular formula is C18H14F2N6. The van der Waals surface area contributed by atoms with Crippen molar-refractivity contribution in [1.29, 1.82) is 0 Å². The summed E-state index contributed by atoms with van der Waals surface area (Å²) in [7, 11) is 0. The Bertz CT molecular complexity index is 1090. The van der Waals surface area contributed by atoms with E-state index in [1.165, 1.54) is 6.07 Å². The summed E-state index contributed by atoms with van der Waals surface area (Å²) in [4.78, 5) is 12.8. The molecule has 0 atom stereocenters. The number of fused-ring (bicyclic) bond motifs is 1. The van der Waals surface area contributed by atoms with E-state index in [1.54, 1.807) is 24.3 Å². The Balaban J connectivity index is 1.75. The molecule has 0 aliphatic carbocycles. The number of halogens is 2. The van der Waals surface area contributed by atoms with Crippen molar-refractivity contribution >= 4 is 22.7 Å². The Morgan fingerprint density at radius 1 is 1.15 bits per heavy atom. The highest BCUT2D eigenvalue weighted by molar-refractivity contribution is 5.88. The van der Waals surface area contributed by atoms with E-state index in [4.69, 9.17) is 0 Å². The lowest BCUT2D eigenvalue weighted by Gasteiger charge is -2.09. The van der Waals surface area contributed by atoms with Crippen molar-refractivity contribution in [2.75, 3.05) is 5.32 Å². The second-order valence-corrected chi connectivity index (χ2v) is 5.76. The monoisotopic (exact) mass is 352 g/mol. The highest BCUT2D eigenvalue weighted by Crippen LogP contribution is 2.26. The number of aromatic nitrogens is 5. The Hall–Kier alpha value is -3.42. The van der Waals surface area contributed by atoms with Crippen molar-refractivity contribution in [2.45, 2.75) is 13.6 Å². The molecule has 0 aliphatic rings. The van der Waals surface area contributed by atoms with Gasteiger partial charge >= 0.3 is 0 Å². The fraction of sp³-hybridized carbons (Fsp3) is 0.111. The number of pyridine rings is 1. The molecule has 1 aromatic carbocycles. The number of H-pyrrole nitrogens is 1. The predicted molar refractivity (Wildman–Crippen MR) is 94.1 cm³/mol. The van der Waals surface area contributed by atoms with Crippen molar-refractivity contribution in [1.82, 2.24) is 25.1 Å². The summed E-state index contributed by atoms with van der Waals surface area (Å²) in [6, 6.07) is 10.1. The van der Waals surface area contributed by atoms with Crippen LogP contribution < -0.4 is 5.32 Å². The predicted octanol–water partition coefficient (Wildman–Crippen LogP) is 4.08. The molecule has 3 aromatic heterocycles. The third-order valence-corrected chi connectivity index (χ3v) is 3.89. The highest BCUT2D eigenvalue weighted by atomic mass is 19.1. The summed E-state index contributed by atoms with van der Waals surface area (Å²) in [6.07, 6.45) is 1.12. The van der Waals surface area contributed by atoms with Gasteiger partial charge in [0.25, 0.3) is 0 Å². The van der Waals surface area contributed by atoms with Crippen molar-refractivity contribution < 1.29 is 8.78 Å². The Kier molecular flexibility index (Phi) is 4.00. The average Bonchev–Trinajstić information content (AvgIpc) is 3.03. The lowest BCUT2D eigenvalue weighted by atomic mass is 10.1. The average molecular weight is 352 g/mol. The fourth-order valence-corrected chi connectivity index (χ4v) is 2.70. The second-order valence-electron chi connectivity index (χ2n) is 5.76. The van der Waals surface area contributed by atoms with E-state index in [1.807, 2.05) is 13.0 Å². The summed E-state index contributed by atoms with van der Waals surface area (Å²) in [5.41, 5.74) is 2.31. The molecular weight excluding hydrogens is 338 g/mol. The van der Waals surface area contributed by atoms with Crippen LogP contribution in [0.5, 0.6) is 0 Å². The molecule has 0 saturated heterocycles. The molecule has 3 heterocycles. The van der Waals surface area contributed by atoms with E-state index in [9.17, 15) is 8.78 Å². The lowest BCUT2D eigenvalue weighted by Crippen LogP contribution is -2.01. The van der Waals surface area contributed by atoms with E-state index in [0.29, 0.717) is 45.3 Å². The van der Waals surface area contributed by atoms with Crippen LogP contribution >= 0.6 is 0 Å². The second kappa shape index (κ2) is 6.47. The third-order valence-electron chi connectivity index (χ3n) is 3.89. The van der Waals surface area contributed by atoms with Crippen LogP contribution in [0.15, 0.2) is 42.6 Å². The fourth-order valence-electron chi connectivity index (χ4n) is 2.70.